The Balaban J connectivity index is 0.00000144. The second-order valence-corrected chi connectivity index (χ2v) is 4.58. The van der Waals surface area contributed by atoms with Crippen LogP contribution in [-0.4, -0.2) is 46.3 Å². The first-order chi connectivity index (χ1) is 7.79. The molecule has 0 saturated carbocycles. The number of rotatable bonds is 4. The number of hydrogen-bond acceptors (Lipinski definition) is 4. The van der Waals surface area contributed by atoms with Crippen LogP contribution < -0.4 is 5.32 Å². The molecule has 2 heterocycles. The summed E-state index contributed by atoms with van der Waals surface area (Å²) in [5.41, 5.74) is 0. The minimum atomic E-state index is 0. The highest BCUT2D eigenvalue weighted by molar-refractivity contribution is 5.85. The minimum absolute atomic E-state index is 0. The van der Waals surface area contributed by atoms with Gasteiger partial charge in [0.2, 0.25) is 0 Å². The molecule has 0 bridgehead atoms. The Morgan fingerprint density at radius 2 is 2.00 bits per heavy atom. The number of hydrogen-bond donors (Lipinski definition) is 1. The lowest BCUT2D eigenvalue weighted by Gasteiger charge is -2.31. The van der Waals surface area contributed by atoms with Gasteiger partial charge in [-0.1, -0.05) is 0 Å². The van der Waals surface area contributed by atoms with Crippen molar-refractivity contribution in [2.24, 2.45) is 13.0 Å². The molecule has 1 N–H and O–H groups in total. The Labute approximate surface area is 121 Å². The summed E-state index contributed by atoms with van der Waals surface area (Å²) >= 11 is 0. The van der Waals surface area contributed by atoms with Crippen molar-refractivity contribution < 1.29 is 0 Å². The molecule has 0 aromatic carbocycles. The molecule has 0 spiro atoms. The van der Waals surface area contributed by atoms with Gasteiger partial charge in [-0.15, -0.1) is 24.8 Å². The molecule has 0 radical (unpaired) electrons. The molecule has 1 aliphatic rings. The van der Waals surface area contributed by atoms with Crippen LogP contribution in [0.15, 0.2) is 6.33 Å². The quantitative estimate of drug-likeness (QED) is 0.903. The predicted molar refractivity (Wildman–Crippen MR) is 77.4 cm³/mol. The van der Waals surface area contributed by atoms with Crippen LogP contribution in [0.4, 0.5) is 0 Å². The predicted octanol–water partition coefficient (Wildman–Crippen LogP) is 1.09. The van der Waals surface area contributed by atoms with E-state index in [0.717, 1.165) is 24.8 Å². The number of likely N-dealkylation sites (tertiary alicyclic amines) is 1. The Bertz CT molecular complexity index is 323. The van der Waals surface area contributed by atoms with Gasteiger partial charge in [0, 0.05) is 7.05 Å². The van der Waals surface area contributed by atoms with Gasteiger partial charge >= 0.3 is 0 Å². The maximum absolute atomic E-state index is 4.26. The SMILES string of the molecule is CNCC1CCN(Cc2ncnn2C)CC1.Cl.Cl. The summed E-state index contributed by atoms with van der Waals surface area (Å²) in [6.07, 6.45) is 4.21. The van der Waals surface area contributed by atoms with Crippen LogP contribution in [0.3, 0.4) is 0 Å². The smallest absolute Gasteiger partial charge is 0.140 e. The van der Waals surface area contributed by atoms with Crippen LogP contribution in [0.2, 0.25) is 0 Å². The van der Waals surface area contributed by atoms with E-state index in [1.165, 1.54) is 25.9 Å². The second-order valence-electron chi connectivity index (χ2n) is 4.58. The third kappa shape index (κ3) is 4.72. The molecule has 0 unspecified atom stereocenters. The summed E-state index contributed by atoms with van der Waals surface area (Å²) in [6, 6.07) is 0. The molecule has 18 heavy (non-hydrogen) atoms. The zero-order chi connectivity index (χ0) is 11.4. The van der Waals surface area contributed by atoms with Gasteiger partial charge in [-0.3, -0.25) is 9.58 Å². The summed E-state index contributed by atoms with van der Waals surface area (Å²) in [5, 5.41) is 7.36. The van der Waals surface area contributed by atoms with Gasteiger partial charge in [0.25, 0.3) is 0 Å². The topological polar surface area (TPSA) is 46.0 Å². The van der Waals surface area contributed by atoms with E-state index in [-0.39, 0.29) is 24.8 Å². The molecule has 1 aromatic rings. The Morgan fingerprint density at radius 3 is 2.50 bits per heavy atom. The molecular formula is C11H23Cl2N5. The Hall–Kier alpha value is -0.360. The molecule has 1 aliphatic heterocycles. The van der Waals surface area contributed by atoms with Gasteiger partial charge in [0.05, 0.1) is 6.54 Å². The van der Waals surface area contributed by atoms with Crippen LogP contribution in [0.25, 0.3) is 0 Å². The van der Waals surface area contributed by atoms with Gasteiger partial charge < -0.3 is 5.32 Å². The van der Waals surface area contributed by atoms with Crippen molar-refractivity contribution in [2.75, 3.05) is 26.7 Å². The fourth-order valence-electron chi connectivity index (χ4n) is 2.30. The first-order valence-corrected chi connectivity index (χ1v) is 5.99. The largest absolute Gasteiger partial charge is 0.319 e. The molecule has 0 aliphatic carbocycles. The highest BCUT2D eigenvalue weighted by Crippen LogP contribution is 2.17. The first-order valence-electron chi connectivity index (χ1n) is 5.99. The highest BCUT2D eigenvalue weighted by atomic mass is 35.5. The van der Waals surface area contributed by atoms with Crippen molar-refractivity contribution in [3.63, 3.8) is 0 Å². The number of nitrogens with one attached hydrogen (secondary N) is 1. The van der Waals surface area contributed by atoms with E-state index >= 15 is 0 Å². The molecule has 106 valence electrons. The van der Waals surface area contributed by atoms with Gasteiger partial charge in [-0.2, -0.15) is 5.10 Å². The van der Waals surface area contributed by atoms with Crippen LogP contribution in [0, 0.1) is 5.92 Å². The van der Waals surface area contributed by atoms with Crippen molar-refractivity contribution in [1.29, 1.82) is 0 Å². The van der Waals surface area contributed by atoms with E-state index in [9.17, 15) is 0 Å². The normalized spacial score (nSPS) is 17.0. The van der Waals surface area contributed by atoms with Crippen LogP contribution in [0.1, 0.15) is 18.7 Å². The fourth-order valence-corrected chi connectivity index (χ4v) is 2.30. The third-order valence-corrected chi connectivity index (χ3v) is 3.37. The van der Waals surface area contributed by atoms with Crippen molar-refractivity contribution >= 4 is 24.8 Å². The van der Waals surface area contributed by atoms with E-state index in [0.29, 0.717) is 0 Å². The van der Waals surface area contributed by atoms with Crippen molar-refractivity contribution in [3.8, 4) is 0 Å². The van der Waals surface area contributed by atoms with Gasteiger partial charge in [-0.05, 0) is 45.4 Å². The van der Waals surface area contributed by atoms with Crippen LogP contribution >= 0.6 is 24.8 Å². The van der Waals surface area contributed by atoms with Crippen molar-refractivity contribution in [3.05, 3.63) is 12.2 Å². The fraction of sp³-hybridized carbons (Fsp3) is 0.818. The first kappa shape index (κ1) is 17.6. The monoisotopic (exact) mass is 295 g/mol. The summed E-state index contributed by atoms with van der Waals surface area (Å²) in [5.74, 6) is 1.91. The Morgan fingerprint density at radius 1 is 1.33 bits per heavy atom. The molecule has 7 heteroatoms. The van der Waals surface area contributed by atoms with Crippen molar-refractivity contribution in [2.45, 2.75) is 19.4 Å². The summed E-state index contributed by atoms with van der Waals surface area (Å²) in [4.78, 5) is 6.73. The number of nitrogens with zero attached hydrogens (tertiary/aromatic N) is 4. The number of piperidine rings is 1. The lowest BCUT2D eigenvalue weighted by molar-refractivity contribution is 0.171. The van der Waals surface area contributed by atoms with E-state index in [1.807, 2.05) is 18.8 Å². The molecule has 0 amide bonds. The second kappa shape index (κ2) is 8.69. The summed E-state index contributed by atoms with van der Waals surface area (Å²) in [6.45, 7) is 4.44. The summed E-state index contributed by atoms with van der Waals surface area (Å²) < 4.78 is 1.86. The van der Waals surface area contributed by atoms with Gasteiger partial charge in [-0.25, -0.2) is 4.98 Å². The van der Waals surface area contributed by atoms with Gasteiger partial charge in [0.15, 0.2) is 0 Å². The number of aromatic nitrogens is 3. The van der Waals surface area contributed by atoms with E-state index in [2.05, 4.69) is 20.3 Å². The maximum Gasteiger partial charge on any atom is 0.140 e. The average molecular weight is 296 g/mol. The van der Waals surface area contributed by atoms with E-state index in [4.69, 9.17) is 0 Å². The molecule has 2 rings (SSSR count). The maximum atomic E-state index is 4.26. The molecule has 1 saturated heterocycles. The van der Waals surface area contributed by atoms with Crippen LogP contribution in [-0.2, 0) is 13.6 Å². The molecule has 0 atom stereocenters. The lowest BCUT2D eigenvalue weighted by atomic mass is 9.97. The molecule has 1 aromatic heterocycles. The molecular weight excluding hydrogens is 273 g/mol. The zero-order valence-corrected chi connectivity index (χ0v) is 12.6. The number of aryl methyl sites for hydroxylation is 1. The molecule has 5 nitrogen and oxygen atoms in total. The third-order valence-electron chi connectivity index (χ3n) is 3.37. The minimum Gasteiger partial charge on any atom is -0.319 e. The van der Waals surface area contributed by atoms with E-state index in [1.54, 1.807) is 6.33 Å². The highest BCUT2D eigenvalue weighted by Gasteiger charge is 2.19. The van der Waals surface area contributed by atoms with Gasteiger partial charge in [0.1, 0.15) is 12.2 Å². The molecule has 1 fully saturated rings. The van der Waals surface area contributed by atoms with Crippen molar-refractivity contribution in [1.82, 2.24) is 25.0 Å². The average Bonchev–Trinajstić information content (AvgIpc) is 2.68. The zero-order valence-electron chi connectivity index (χ0n) is 11.0. The van der Waals surface area contributed by atoms with Crippen LogP contribution in [0.5, 0.6) is 0 Å². The Kier molecular flexibility index (Phi) is 8.52. The standard InChI is InChI=1S/C11H21N5.2ClH/c1-12-7-10-3-5-16(6-4-10)8-11-13-9-14-15(11)2;;/h9-10,12H,3-8H2,1-2H3;2*1H. The summed E-state index contributed by atoms with van der Waals surface area (Å²) in [7, 11) is 3.99. The number of halogens is 2. The lowest BCUT2D eigenvalue weighted by Crippen LogP contribution is -2.36. The van der Waals surface area contributed by atoms with E-state index < -0.39 is 0 Å².